The largest absolute Gasteiger partial charge is 0.324 e. The van der Waals surface area contributed by atoms with Crippen LogP contribution >= 0.6 is 0 Å². The van der Waals surface area contributed by atoms with E-state index in [4.69, 9.17) is 0 Å². The van der Waals surface area contributed by atoms with Gasteiger partial charge in [-0.15, -0.1) is 0 Å². The summed E-state index contributed by atoms with van der Waals surface area (Å²) in [6.45, 7) is 12.3. The smallest absolute Gasteiger partial charge is 0.0859 e. The van der Waals surface area contributed by atoms with Crippen LogP contribution in [-0.4, -0.2) is 30.7 Å². The van der Waals surface area contributed by atoms with Crippen molar-refractivity contribution in [3.8, 4) is 0 Å². The van der Waals surface area contributed by atoms with Crippen LogP contribution in [0.5, 0.6) is 0 Å². The molecule has 1 unspecified atom stereocenters. The van der Waals surface area contributed by atoms with Crippen LogP contribution in [0, 0.1) is 0 Å². The Kier molecular flexibility index (Phi) is 21.2. The van der Waals surface area contributed by atoms with Gasteiger partial charge in [0, 0.05) is 0 Å². The van der Waals surface area contributed by atoms with Gasteiger partial charge < -0.3 is 4.48 Å². The Morgan fingerprint density at radius 2 is 0.759 bits per heavy atom. The highest BCUT2D eigenvalue weighted by molar-refractivity contribution is 4.58. The molecular weight excluding hydrogens is 350 g/mol. The van der Waals surface area contributed by atoms with Gasteiger partial charge in [-0.2, -0.15) is 0 Å². The Morgan fingerprint density at radius 3 is 1.14 bits per heavy atom. The first-order chi connectivity index (χ1) is 14.1. The predicted octanol–water partition coefficient (Wildman–Crippen LogP) is 9.68. The third-order valence-electron chi connectivity index (χ3n) is 7.33. The van der Waals surface area contributed by atoms with Crippen molar-refractivity contribution in [3.05, 3.63) is 0 Å². The zero-order valence-electron chi connectivity index (χ0n) is 21.6. The molecule has 0 aromatic carbocycles. The first-order valence-electron chi connectivity index (χ1n) is 13.9. The van der Waals surface area contributed by atoms with Crippen LogP contribution in [0.4, 0.5) is 0 Å². The normalized spacial score (nSPS) is 13.1. The number of hydrogen-bond acceptors (Lipinski definition) is 0. The second-order valence-corrected chi connectivity index (χ2v) is 10.2. The summed E-state index contributed by atoms with van der Waals surface area (Å²) in [4.78, 5) is 0. The first-order valence-corrected chi connectivity index (χ1v) is 13.9. The van der Waals surface area contributed by atoms with E-state index in [-0.39, 0.29) is 0 Å². The lowest BCUT2D eigenvalue weighted by atomic mass is 10.0. The molecule has 0 radical (unpaired) electrons. The van der Waals surface area contributed by atoms with Crippen molar-refractivity contribution >= 4 is 0 Å². The molecule has 0 amide bonds. The lowest BCUT2D eigenvalue weighted by Crippen LogP contribution is -2.52. The molecule has 176 valence electrons. The molecule has 0 aromatic rings. The van der Waals surface area contributed by atoms with Crippen molar-refractivity contribution in [2.24, 2.45) is 0 Å². The van der Waals surface area contributed by atoms with Crippen LogP contribution in [0.15, 0.2) is 0 Å². The van der Waals surface area contributed by atoms with Crippen molar-refractivity contribution in [2.75, 3.05) is 20.1 Å². The molecule has 0 saturated heterocycles. The SMILES string of the molecule is CCCCCCCCCC(C)[N+](C)(CCCCCCCC)CCCCCCCC. The Balaban J connectivity index is 4.24. The fraction of sp³-hybridized carbons (Fsp3) is 1.00. The predicted molar refractivity (Wildman–Crippen MR) is 135 cm³/mol. The van der Waals surface area contributed by atoms with Crippen molar-refractivity contribution in [3.63, 3.8) is 0 Å². The Labute approximate surface area is 187 Å². The van der Waals surface area contributed by atoms with Gasteiger partial charge in [-0.1, -0.05) is 111 Å². The summed E-state index contributed by atoms with van der Waals surface area (Å²) >= 11 is 0. The third kappa shape index (κ3) is 17.3. The summed E-state index contributed by atoms with van der Waals surface area (Å²) in [6.07, 6.45) is 28.7. The summed E-state index contributed by atoms with van der Waals surface area (Å²) < 4.78 is 1.34. The molecule has 0 aliphatic carbocycles. The van der Waals surface area contributed by atoms with Crippen LogP contribution in [0.25, 0.3) is 0 Å². The molecule has 0 N–H and O–H groups in total. The summed E-state index contributed by atoms with van der Waals surface area (Å²) in [7, 11) is 2.59. The highest BCUT2D eigenvalue weighted by Gasteiger charge is 2.27. The van der Waals surface area contributed by atoms with E-state index in [1.165, 1.54) is 146 Å². The quantitative estimate of drug-likeness (QED) is 0.116. The van der Waals surface area contributed by atoms with E-state index in [0.29, 0.717) is 0 Å². The lowest BCUT2D eigenvalue weighted by Gasteiger charge is -2.41. The highest BCUT2D eigenvalue weighted by atomic mass is 15.3. The maximum atomic E-state index is 2.59. The van der Waals surface area contributed by atoms with E-state index in [2.05, 4.69) is 34.7 Å². The molecule has 0 spiro atoms. The number of unbranched alkanes of at least 4 members (excludes halogenated alkanes) is 16. The summed E-state index contributed by atoms with van der Waals surface area (Å²) in [5, 5.41) is 0. The Morgan fingerprint density at radius 1 is 0.448 bits per heavy atom. The van der Waals surface area contributed by atoms with Gasteiger partial charge in [0.2, 0.25) is 0 Å². The number of quaternary nitrogens is 1. The molecule has 1 atom stereocenters. The molecule has 29 heavy (non-hydrogen) atoms. The number of nitrogens with zero attached hydrogens (tertiary/aromatic N) is 1. The standard InChI is InChI=1S/C28H60N/c1-6-9-12-15-18-19-22-25-28(4)29(5,26-23-20-16-13-10-7-2)27-24-21-17-14-11-8-3/h28H,6-27H2,1-5H3/q+1. The van der Waals surface area contributed by atoms with Crippen molar-refractivity contribution in [2.45, 2.75) is 162 Å². The molecule has 1 heteroatoms. The van der Waals surface area contributed by atoms with Gasteiger partial charge in [-0.25, -0.2) is 0 Å². The van der Waals surface area contributed by atoms with Crippen LogP contribution in [0.2, 0.25) is 0 Å². The zero-order chi connectivity index (χ0) is 21.6. The summed E-state index contributed by atoms with van der Waals surface area (Å²) in [6, 6.07) is 0.844. The Bertz CT molecular complexity index is 295. The van der Waals surface area contributed by atoms with Gasteiger partial charge in [-0.3, -0.25) is 0 Å². The second kappa shape index (κ2) is 21.2. The number of rotatable bonds is 23. The number of hydrogen-bond donors (Lipinski definition) is 0. The molecule has 0 saturated carbocycles. The van der Waals surface area contributed by atoms with Gasteiger partial charge in [0.1, 0.15) is 0 Å². The molecule has 0 aromatic heterocycles. The van der Waals surface area contributed by atoms with E-state index in [1.807, 2.05) is 0 Å². The van der Waals surface area contributed by atoms with Crippen LogP contribution < -0.4 is 0 Å². The van der Waals surface area contributed by atoms with Crippen molar-refractivity contribution < 1.29 is 4.48 Å². The lowest BCUT2D eigenvalue weighted by molar-refractivity contribution is -0.932. The van der Waals surface area contributed by atoms with E-state index in [9.17, 15) is 0 Å². The molecular formula is C28H60N+. The van der Waals surface area contributed by atoms with Crippen molar-refractivity contribution in [1.29, 1.82) is 0 Å². The molecule has 0 fully saturated rings. The maximum absolute atomic E-state index is 2.59. The van der Waals surface area contributed by atoms with Crippen LogP contribution in [0.3, 0.4) is 0 Å². The van der Waals surface area contributed by atoms with Gasteiger partial charge in [0.05, 0.1) is 26.2 Å². The zero-order valence-corrected chi connectivity index (χ0v) is 21.6. The highest BCUT2D eigenvalue weighted by Crippen LogP contribution is 2.21. The van der Waals surface area contributed by atoms with E-state index >= 15 is 0 Å². The van der Waals surface area contributed by atoms with Crippen molar-refractivity contribution in [1.82, 2.24) is 0 Å². The second-order valence-electron chi connectivity index (χ2n) is 10.2. The fourth-order valence-corrected chi connectivity index (χ4v) is 4.77. The van der Waals surface area contributed by atoms with Gasteiger partial charge in [-0.05, 0) is 45.4 Å². The van der Waals surface area contributed by atoms with E-state index in [0.717, 1.165) is 6.04 Å². The maximum Gasteiger partial charge on any atom is 0.0859 e. The average molecular weight is 411 g/mol. The molecule has 0 bridgehead atoms. The first kappa shape index (κ1) is 29.0. The minimum absolute atomic E-state index is 0.844. The van der Waals surface area contributed by atoms with Gasteiger partial charge in [0.25, 0.3) is 0 Å². The minimum Gasteiger partial charge on any atom is -0.324 e. The third-order valence-corrected chi connectivity index (χ3v) is 7.33. The summed E-state index contributed by atoms with van der Waals surface area (Å²) in [5.74, 6) is 0. The average Bonchev–Trinajstić information content (AvgIpc) is 2.72. The fourth-order valence-electron chi connectivity index (χ4n) is 4.77. The molecule has 0 aliphatic heterocycles. The van der Waals surface area contributed by atoms with Crippen LogP contribution in [-0.2, 0) is 0 Å². The minimum atomic E-state index is 0.844. The van der Waals surface area contributed by atoms with Gasteiger partial charge >= 0.3 is 0 Å². The molecule has 0 rings (SSSR count). The monoisotopic (exact) mass is 410 g/mol. The van der Waals surface area contributed by atoms with Crippen LogP contribution in [0.1, 0.15) is 156 Å². The van der Waals surface area contributed by atoms with Gasteiger partial charge in [0.15, 0.2) is 0 Å². The van der Waals surface area contributed by atoms with E-state index in [1.54, 1.807) is 0 Å². The summed E-state index contributed by atoms with van der Waals surface area (Å²) in [5.41, 5.74) is 0. The molecule has 0 aliphatic rings. The topological polar surface area (TPSA) is 0 Å². The Hall–Kier alpha value is -0.0400. The van der Waals surface area contributed by atoms with E-state index < -0.39 is 0 Å². The molecule has 0 heterocycles. The molecule has 1 nitrogen and oxygen atoms in total.